The summed E-state index contributed by atoms with van der Waals surface area (Å²) in [5.41, 5.74) is 0.188. The Morgan fingerprint density at radius 1 is 1.17 bits per heavy atom. The number of nitrogens with one attached hydrogen (secondary N) is 1. The molecule has 2 aromatic carbocycles. The van der Waals surface area contributed by atoms with Crippen LogP contribution in [0.3, 0.4) is 0 Å². The molecular formula is C17H17F2NO3. The first-order valence-electron chi connectivity index (χ1n) is 7.17. The summed E-state index contributed by atoms with van der Waals surface area (Å²) in [5.74, 6) is -3.69. The van der Waals surface area contributed by atoms with E-state index in [0.29, 0.717) is 25.0 Å². The Morgan fingerprint density at radius 2 is 1.87 bits per heavy atom. The minimum atomic E-state index is -1.13. The van der Waals surface area contributed by atoms with Gasteiger partial charge in [0.25, 0.3) is 5.91 Å². The van der Waals surface area contributed by atoms with Crippen molar-refractivity contribution in [2.75, 3.05) is 6.61 Å². The van der Waals surface area contributed by atoms with Crippen molar-refractivity contribution in [3.8, 4) is 5.75 Å². The summed E-state index contributed by atoms with van der Waals surface area (Å²) in [6, 6.07) is 9.77. The number of halogens is 2. The second-order valence-corrected chi connectivity index (χ2v) is 5.08. The van der Waals surface area contributed by atoms with Gasteiger partial charge in [0, 0.05) is 18.7 Å². The third-order valence-electron chi connectivity index (χ3n) is 3.42. The summed E-state index contributed by atoms with van der Waals surface area (Å²) in [7, 11) is 0. The molecule has 3 N–H and O–H groups in total. The standard InChI is InChI=1S/C17H17F2NO3/c18-12-9-13(19)16(15(22)10-12)17(23)20-14(7-4-8-21)11-5-2-1-3-6-11/h1-3,5-6,9-10,14,21-22H,4,7-8H2,(H,20,23). The van der Waals surface area contributed by atoms with Crippen molar-refractivity contribution < 1.29 is 23.8 Å². The highest BCUT2D eigenvalue weighted by Gasteiger charge is 2.22. The van der Waals surface area contributed by atoms with E-state index in [1.54, 1.807) is 24.3 Å². The first kappa shape index (κ1) is 16.9. The van der Waals surface area contributed by atoms with Gasteiger partial charge in [0.2, 0.25) is 0 Å². The average molecular weight is 321 g/mol. The zero-order chi connectivity index (χ0) is 16.8. The van der Waals surface area contributed by atoms with E-state index < -0.39 is 34.9 Å². The lowest BCUT2D eigenvalue weighted by molar-refractivity contribution is 0.0925. The van der Waals surface area contributed by atoms with E-state index in [0.717, 1.165) is 5.56 Å². The fourth-order valence-corrected chi connectivity index (χ4v) is 2.32. The predicted octanol–water partition coefficient (Wildman–Crippen LogP) is 2.91. The number of amides is 1. The average Bonchev–Trinajstić information content (AvgIpc) is 2.51. The maximum absolute atomic E-state index is 13.8. The predicted molar refractivity (Wildman–Crippen MR) is 81.0 cm³/mol. The first-order valence-corrected chi connectivity index (χ1v) is 7.17. The summed E-state index contributed by atoms with van der Waals surface area (Å²) < 4.78 is 26.8. The molecule has 0 aliphatic carbocycles. The topological polar surface area (TPSA) is 69.6 Å². The summed E-state index contributed by atoms with van der Waals surface area (Å²) in [4.78, 5) is 12.2. The molecule has 122 valence electrons. The fourth-order valence-electron chi connectivity index (χ4n) is 2.32. The van der Waals surface area contributed by atoms with E-state index in [1.807, 2.05) is 6.07 Å². The van der Waals surface area contributed by atoms with Gasteiger partial charge in [-0.15, -0.1) is 0 Å². The van der Waals surface area contributed by atoms with E-state index >= 15 is 0 Å². The smallest absolute Gasteiger partial charge is 0.258 e. The van der Waals surface area contributed by atoms with Crippen molar-refractivity contribution >= 4 is 5.91 Å². The molecule has 1 unspecified atom stereocenters. The van der Waals surface area contributed by atoms with Crippen molar-refractivity contribution in [1.29, 1.82) is 0 Å². The van der Waals surface area contributed by atoms with Crippen LogP contribution in [0.25, 0.3) is 0 Å². The maximum atomic E-state index is 13.8. The van der Waals surface area contributed by atoms with Crippen molar-refractivity contribution in [2.45, 2.75) is 18.9 Å². The first-order chi connectivity index (χ1) is 11.0. The lowest BCUT2D eigenvalue weighted by atomic mass is 10.0. The number of rotatable bonds is 6. The van der Waals surface area contributed by atoms with Gasteiger partial charge in [-0.3, -0.25) is 4.79 Å². The number of carbonyl (C=O) groups excluding carboxylic acids is 1. The van der Waals surface area contributed by atoms with Gasteiger partial charge in [-0.25, -0.2) is 8.78 Å². The summed E-state index contributed by atoms with van der Waals surface area (Å²) in [6.07, 6.45) is 0.882. The Balaban J connectivity index is 2.24. The molecule has 0 heterocycles. The molecular weight excluding hydrogens is 304 g/mol. The number of benzene rings is 2. The highest BCUT2D eigenvalue weighted by molar-refractivity contribution is 5.97. The SMILES string of the molecule is O=C(NC(CCCO)c1ccccc1)c1c(O)cc(F)cc1F. The van der Waals surface area contributed by atoms with Crippen LogP contribution in [0.5, 0.6) is 5.75 Å². The number of carbonyl (C=O) groups is 1. The van der Waals surface area contributed by atoms with E-state index in [1.165, 1.54) is 0 Å². The van der Waals surface area contributed by atoms with Crippen LogP contribution in [0.2, 0.25) is 0 Å². The zero-order valence-electron chi connectivity index (χ0n) is 12.3. The highest BCUT2D eigenvalue weighted by Crippen LogP contribution is 2.24. The second-order valence-electron chi connectivity index (χ2n) is 5.08. The second kappa shape index (κ2) is 7.69. The van der Waals surface area contributed by atoms with Crippen LogP contribution in [-0.4, -0.2) is 22.7 Å². The molecule has 6 heteroatoms. The molecule has 1 atom stereocenters. The normalized spacial score (nSPS) is 12.0. The van der Waals surface area contributed by atoms with Gasteiger partial charge in [-0.1, -0.05) is 30.3 Å². The van der Waals surface area contributed by atoms with E-state index in [4.69, 9.17) is 5.11 Å². The largest absolute Gasteiger partial charge is 0.507 e. The minimum Gasteiger partial charge on any atom is -0.507 e. The molecule has 1 amide bonds. The number of hydrogen-bond donors (Lipinski definition) is 3. The number of hydrogen-bond acceptors (Lipinski definition) is 3. The fraction of sp³-hybridized carbons (Fsp3) is 0.235. The molecule has 0 aliphatic heterocycles. The number of phenols is 1. The molecule has 23 heavy (non-hydrogen) atoms. The minimum absolute atomic E-state index is 0.0463. The molecule has 0 bridgehead atoms. The molecule has 0 radical (unpaired) electrons. The Morgan fingerprint density at radius 3 is 2.48 bits per heavy atom. The van der Waals surface area contributed by atoms with Gasteiger partial charge in [0.15, 0.2) is 0 Å². The Labute approximate surface area is 132 Å². The molecule has 0 fully saturated rings. The monoisotopic (exact) mass is 321 g/mol. The number of phenolic OH excluding ortho intramolecular Hbond substituents is 1. The van der Waals surface area contributed by atoms with Gasteiger partial charge < -0.3 is 15.5 Å². The number of aromatic hydroxyl groups is 1. The van der Waals surface area contributed by atoms with E-state index in [2.05, 4.69) is 5.32 Å². The lowest BCUT2D eigenvalue weighted by Crippen LogP contribution is -2.29. The van der Waals surface area contributed by atoms with Crippen LogP contribution in [0, 0.1) is 11.6 Å². The third kappa shape index (κ3) is 4.26. The van der Waals surface area contributed by atoms with Gasteiger partial charge in [0.1, 0.15) is 22.9 Å². The van der Waals surface area contributed by atoms with E-state index in [-0.39, 0.29) is 6.61 Å². The summed E-state index contributed by atoms with van der Waals surface area (Å²) >= 11 is 0. The van der Waals surface area contributed by atoms with Crippen LogP contribution in [0.1, 0.15) is 34.8 Å². The molecule has 0 aromatic heterocycles. The molecule has 0 saturated carbocycles. The Hall–Kier alpha value is -2.47. The zero-order valence-corrected chi connectivity index (χ0v) is 12.3. The van der Waals surface area contributed by atoms with Crippen molar-refractivity contribution in [2.24, 2.45) is 0 Å². The number of aliphatic hydroxyl groups is 1. The van der Waals surface area contributed by atoms with Gasteiger partial charge >= 0.3 is 0 Å². The van der Waals surface area contributed by atoms with Crippen LogP contribution < -0.4 is 5.32 Å². The molecule has 4 nitrogen and oxygen atoms in total. The quantitative estimate of drug-likeness (QED) is 0.766. The number of aliphatic hydroxyl groups excluding tert-OH is 1. The molecule has 0 spiro atoms. The van der Waals surface area contributed by atoms with Crippen molar-refractivity contribution in [3.63, 3.8) is 0 Å². The Bertz CT molecular complexity index is 654. The molecule has 0 saturated heterocycles. The van der Waals surface area contributed by atoms with Crippen LogP contribution in [0.4, 0.5) is 8.78 Å². The Kier molecular flexibility index (Phi) is 5.65. The van der Waals surface area contributed by atoms with Gasteiger partial charge in [-0.05, 0) is 18.4 Å². The maximum Gasteiger partial charge on any atom is 0.258 e. The van der Waals surface area contributed by atoms with Gasteiger partial charge in [0.05, 0.1) is 6.04 Å². The summed E-state index contributed by atoms with van der Waals surface area (Å²) in [6.45, 7) is -0.0463. The van der Waals surface area contributed by atoms with E-state index in [9.17, 15) is 18.7 Å². The molecule has 2 aromatic rings. The van der Waals surface area contributed by atoms with Crippen molar-refractivity contribution in [3.05, 3.63) is 65.2 Å². The van der Waals surface area contributed by atoms with Crippen LogP contribution in [0.15, 0.2) is 42.5 Å². The van der Waals surface area contributed by atoms with Crippen LogP contribution >= 0.6 is 0 Å². The summed E-state index contributed by atoms with van der Waals surface area (Å²) in [5, 5.41) is 21.2. The lowest BCUT2D eigenvalue weighted by Gasteiger charge is -2.19. The third-order valence-corrected chi connectivity index (χ3v) is 3.42. The molecule has 0 aliphatic rings. The van der Waals surface area contributed by atoms with Crippen LogP contribution in [-0.2, 0) is 0 Å². The highest BCUT2D eigenvalue weighted by atomic mass is 19.1. The van der Waals surface area contributed by atoms with Gasteiger partial charge in [-0.2, -0.15) is 0 Å². The molecule has 2 rings (SSSR count). The van der Waals surface area contributed by atoms with Crippen molar-refractivity contribution in [1.82, 2.24) is 5.32 Å².